The van der Waals surface area contributed by atoms with Crippen molar-refractivity contribution >= 4 is 39.3 Å². The minimum Gasteiger partial charge on any atom is -0.493 e. The number of anilines is 1. The molecule has 0 saturated carbocycles. The number of halogens is 2. The minimum atomic E-state index is -0.192. The van der Waals surface area contributed by atoms with Gasteiger partial charge in [-0.1, -0.05) is 27.5 Å². The van der Waals surface area contributed by atoms with Crippen LogP contribution in [0.2, 0.25) is 5.02 Å². The van der Waals surface area contributed by atoms with Crippen molar-refractivity contribution in [1.29, 1.82) is 0 Å². The third-order valence-corrected chi connectivity index (χ3v) is 3.86. The van der Waals surface area contributed by atoms with Gasteiger partial charge in [0.15, 0.2) is 11.5 Å². The first-order chi connectivity index (χ1) is 10.5. The number of carbonyl (C=O) groups is 1. The fraction of sp³-hybridized carbons (Fsp3) is 0.200. The highest BCUT2D eigenvalue weighted by Crippen LogP contribution is 2.33. The van der Waals surface area contributed by atoms with E-state index >= 15 is 0 Å². The average molecular weight is 386 g/mol. The second-order valence-electron chi connectivity index (χ2n) is 4.39. The number of nitrogens with one attached hydrogen (secondary N) is 1. The zero-order valence-electron chi connectivity index (χ0n) is 12.0. The van der Waals surface area contributed by atoms with Crippen LogP contribution in [0.15, 0.2) is 34.9 Å². The summed E-state index contributed by atoms with van der Waals surface area (Å²) in [7, 11) is 3.11. The van der Waals surface area contributed by atoms with Gasteiger partial charge in [0.1, 0.15) is 5.82 Å². The first-order valence-corrected chi connectivity index (χ1v) is 7.52. The summed E-state index contributed by atoms with van der Waals surface area (Å²) in [6.45, 7) is 0. The van der Waals surface area contributed by atoms with Gasteiger partial charge in [0.25, 0.3) is 0 Å². The molecule has 1 aromatic carbocycles. The van der Waals surface area contributed by atoms with Crippen molar-refractivity contribution in [1.82, 2.24) is 4.98 Å². The highest BCUT2D eigenvalue weighted by atomic mass is 79.9. The number of hydrogen-bond acceptors (Lipinski definition) is 4. The van der Waals surface area contributed by atoms with Gasteiger partial charge in [-0.15, -0.1) is 0 Å². The Bertz CT molecular complexity index is 677. The number of carbonyl (C=O) groups excluding carboxylic acids is 1. The maximum absolute atomic E-state index is 12.1. The van der Waals surface area contributed by atoms with E-state index in [9.17, 15) is 4.79 Å². The van der Waals surface area contributed by atoms with E-state index in [0.29, 0.717) is 22.3 Å². The quantitative estimate of drug-likeness (QED) is 0.852. The molecule has 0 atom stereocenters. The molecule has 1 heterocycles. The summed E-state index contributed by atoms with van der Waals surface area (Å²) in [5.74, 6) is 1.42. The van der Waals surface area contributed by atoms with Crippen LogP contribution in [0.3, 0.4) is 0 Å². The lowest BCUT2D eigenvalue weighted by molar-refractivity contribution is -0.115. The third kappa shape index (κ3) is 4.11. The van der Waals surface area contributed by atoms with Gasteiger partial charge in [-0.25, -0.2) is 4.98 Å². The second kappa shape index (κ2) is 7.47. The van der Waals surface area contributed by atoms with E-state index < -0.39 is 0 Å². The van der Waals surface area contributed by atoms with E-state index in [1.807, 2.05) is 0 Å². The number of rotatable bonds is 5. The number of nitrogens with zero attached hydrogens (tertiary/aromatic N) is 1. The van der Waals surface area contributed by atoms with Gasteiger partial charge in [-0.3, -0.25) is 4.79 Å². The Labute approximate surface area is 141 Å². The van der Waals surface area contributed by atoms with Crippen LogP contribution < -0.4 is 14.8 Å². The lowest BCUT2D eigenvalue weighted by Crippen LogP contribution is -2.15. The van der Waals surface area contributed by atoms with Crippen LogP contribution in [0.1, 0.15) is 5.56 Å². The molecule has 1 amide bonds. The molecule has 0 unspecified atom stereocenters. The average Bonchev–Trinajstić information content (AvgIpc) is 2.51. The van der Waals surface area contributed by atoms with Crippen LogP contribution in [0, 0.1) is 0 Å². The van der Waals surface area contributed by atoms with Crippen molar-refractivity contribution in [3.63, 3.8) is 0 Å². The molecule has 22 heavy (non-hydrogen) atoms. The summed E-state index contributed by atoms with van der Waals surface area (Å²) >= 11 is 9.18. The number of benzene rings is 1. The SMILES string of the molecule is COc1cc(Br)c(CC(=O)Nc2ccc(Cl)cn2)cc1OC. The molecule has 2 aromatic rings. The van der Waals surface area contributed by atoms with Crippen LogP contribution in [-0.4, -0.2) is 25.1 Å². The number of pyridine rings is 1. The smallest absolute Gasteiger partial charge is 0.229 e. The number of ether oxygens (including phenoxy) is 2. The fourth-order valence-electron chi connectivity index (χ4n) is 1.84. The molecule has 5 nitrogen and oxygen atoms in total. The highest BCUT2D eigenvalue weighted by molar-refractivity contribution is 9.10. The first-order valence-electron chi connectivity index (χ1n) is 6.35. The van der Waals surface area contributed by atoms with Crippen molar-refractivity contribution < 1.29 is 14.3 Å². The largest absolute Gasteiger partial charge is 0.493 e. The third-order valence-electron chi connectivity index (χ3n) is 2.90. The second-order valence-corrected chi connectivity index (χ2v) is 5.68. The molecule has 1 N–H and O–H groups in total. The monoisotopic (exact) mass is 384 g/mol. The highest BCUT2D eigenvalue weighted by Gasteiger charge is 2.13. The molecule has 2 rings (SSSR count). The predicted molar refractivity (Wildman–Crippen MR) is 88.8 cm³/mol. The maximum Gasteiger partial charge on any atom is 0.229 e. The summed E-state index contributed by atoms with van der Waals surface area (Å²) < 4.78 is 11.2. The van der Waals surface area contributed by atoms with Crippen LogP contribution in [0.5, 0.6) is 11.5 Å². The number of aromatic nitrogens is 1. The van der Waals surface area contributed by atoms with Crippen molar-refractivity contribution in [2.45, 2.75) is 6.42 Å². The summed E-state index contributed by atoms with van der Waals surface area (Å²) in [5.41, 5.74) is 0.782. The lowest BCUT2D eigenvalue weighted by atomic mass is 10.1. The molecule has 7 heteroatoms. The number of methoxy groups -OCH3 is 2. The Morgan fingerprint density at radius 3 is 2.55 bits per heavy atom. The van der Waals surface area contributed by atoms with Crippen molar-refractivity contribution in [3.05, 3.63) is 45.5 Å². The molecule has 0 fully saturated rings. The van der Waals surface area contributed by atoms with E-state index in [0.717, 1.165) is 10.0 Å². The molecule has 0 saturated heterocycles. The van der Waals surface area contributed by atoms with Crippen molar-refractivity contribution in [2.75, 3.05) is 19.5 Å². The van der Waals surface area contributed by atoms with Crippen LogP contribution in [0.25, 0.3) is 0 Å². The number of hydrogen-bond donors (Lipinski definition) is 1. The van der Waals surface area contributed by atoms with Gasteiger partial charge in [-0.05, 0) is 29.8 Å². The van der Waals surface area contributed by atoms with Gasteiger partial charge in [0.05, 0.1) is 25.7 Å². The van der Waals surface area contributed by atoms with E-state index in [4.69, 9.17) is 21.1 Å². The molecule has 0 spiro atoms. The predicted octanol–water partition coefficient (Wildman–Crippen LogP) is 3.70. The van der Waals surface area contributed by atoms with Gasteiger partial charge < -0.3 is 14.8 Å². The molecule has 0 aliphatic heterocycles. The van der Waals surface area contributed by atoms with Gasteiger partial charge in [0.2, 0.25) is 5.91 Å². The van der Waals surface area contributed by atoms with Crippen LogP contribution in [0.4, 0.5) is 5.82 Å². The molecule has 1 aromatic heterocycles. The molecular weight excluding hydrogens is 372 g/mol. The summed E-state index contributed by atoms with van der Waals surface area (Å²) in [6.07, 6.45) is 1.65. The van der Waals surface area contributed by atoms with Crippen molar-refractivity contribution in [2.24, 2.45) is 0 Å². The van der Waals surface area contributed by atoms with E-state index in [2.05, 4.69) is 26.2 Å². The van der Waals surface area contributed by atoms with E-state index in [1.54, 1.807) is 38.5 Å². The normalized spacial score (nSPS) is 10.2. The summed E-state index contributed by atoms with van der Waals surface area (Å²) in [4.78, 5) is 16.1. The van der Waals surface area contributed by atoms with E-state index in [-0.39, 0.29) is 12.3 Å². The Hall–Kier alpha value is -1.79. The Morgan fingerprint density at radius 2 is 1.95 bits per heavy atom. The molecule has 0 radical (unpaired) electrons. The molecule has 0 bridgehead atoms. The molecule has 116 valence electrons. The summed E-state index contributed by atoms with van der Waals surface area (Å²) in [6, 6.07) is 6.83. The van der Waals surface area contributed by atoms with Crippen LogP contribution >= 0.6 is 27.5 Å². The standard InChI is InChI=1S/C15H14BrClN2O3/c1-21-12-5-9(11(16)7-13(12)22-2)6-15(20)19-14-4-3-10(17)8-18-14/h3-5,7-8H,6H2,1-2H3,(H,18,19,20). The lowest BCUT2D eigenvalue weighted by Gasteiger charge is -2.12. The topological polar surface area (TPSA) is 60.5 Å². The van der Waals surface area contributed by atoms with Crippen LogP contribution in [-0.2, 0) is 11.2 Å². The Morgan fingerprint density at radius 1 is 1.27 bits per heavy atom. The molecule has 0 aliphatic rings. The van der Waals surface area contributed by atoms with Gasteiger partial charge in [-0.2, -0.15) is 0 Å². The Kier molecular flexibility index (Phi) is 5.63. The zero-order chi connectivity index (χ0) is 16.1. The maximum atomic E-state index is 12.1. The zero-order valence-corrected chi connectivity index (χ0v) is 14.4. The summed E-state index contributed by atoms with van der Waals surface area (Å²) in [5, 5.41) is 3.22. The first kappa shape index (κ1) is 16.6. The van der Waals surface area contributed by atoms with Gasteiger partial charge >= 0.3 is 0 Å². The molecule has 0 aliphatic carbocycles. The Balaban J connectivity index is 2.12. The van der Waals surface area contributed by atoms with Gasteiger partial charge in [0, 0.05) is 10.7 Å². The molecular formula is C15H14BrClN2O3. The fourth-order valence-corrected chi connectivity index (χ4v) is 2.42. The van der Waals surface area contributed by atoms with Crippen molar-refractivity contribution in [3.8, 4) is 11.5 Å². The number of amides is 1. The van der Waals surface area contributed by atoms with E-state index in [1.165, 1.54) is 6.20 Å². The minimum absolute atomic E-state index is 0.172.